The molecule has 5 heteroatoms. The Morgan fingerprint density at radius 3 is 2.50 bits per heavy atom. The maximum atomic E-state index is 12.1. The quantitative estimate of drug-likeness (QED) is 0.772. The second-order valence-electron chi connectivity index (χ2n) is 4.97. The van der Waals surface area contributed by atoms with E-state index in [1.165, 1.54) is 0 Å². The molecule has 1 heterocycles. The Morgan fingerprint density at radius 2 is 1.86 bits per heavy atom. The first kappa shape index (κ1) is 16.1. The van der Waals surface area contributed by atoms with Gasteiger partial charge in [-0.1, -0.05) is 13.0 Å². The lowest BCUT2D eigenvalue weighted by atomic mass is 10.1. The average molecular weight is 302 g/mol. The van der Waals surface area contributed by atoms with E-state index in [1.807, 2.05) is 30.3 Å². The van der Waals surface area contributed by atoms with E-state index in [9.17, 15) is 4.79 Å². The van der Waals surface area contributed by atoms with Crippen LogP contribution >= 0.6 is 0 Å². The third kappa shape index (κ3) is 3.68. The lowest BCUT2D eigenvalue weighted by Crippen LogP contribution is -2.21. The summed E-state index contributed by atoms with van der Waals surface area (Å²) in [4.78, 5) is 15.0. The molecule has 118 valence electrons. The van der Waals surface area contributed by atoms with Gasteiger partial charge in [0.25, 0.3) is 5.56 Å². The maximum absolute atomic E-state index is 12.1. The lowest BCUT2D eigenvalue weighted by molar-refractivity contribution is 0.355. The van der Waals surface area contributed by atoms with Gasteiger partial charge in [0.2, 0.25) is 0 Å². The summed E-state index contributed by atoms with van der Waals surface area (Å²) >= 11 is 0. The van der Waals surface area contributed by atoms with Crippen LogP contribution < -0.4 is 20.3 Å². The van der Waals surface area contributed by atoms with E-state index in [1.54, 1.807) is 14.2 Å². The van der Waals surface area contributed by atoms with Crippen LogP contribution in [0.4, 0.5) is 0 Å². The Labute approximate surface area is 130 Å². The number of ether oxygens (including phenoxy) is 2. The van der Waals surface area contributed by atoms with Crippen molar-refractivity contribution in [2.24, 2.45) is 0 Å². The number of pyridine rings is 1. The number of hydrogen-bond acceptors (Lipinski definition) is 4. The molecule has 0 unspecified atom stereocenters. The molecule has 0 radical (unpaired) electrons. The van der Waals surface area contributed by atoms with Gasteiger partial charge in [-0.3, -0.25) is 4.79 Å². The molecule has 5 nitrogen and oxygen atoms in total. The molecule has 0 spiro atoms. The van der Waals surface area contributed by atoms with Crippen LogP contribution in [0.15, 0.2) is 35.1 Å². The predicted molar refractivity (Wildman–Crippen MR) is 87.6 cm³/mol. The molecule has 0 atom stereocenters. The summed E-state index contributed by atoms with van der Waals surface area (Å²) in [5.41, 5.74) is 2.29. The molecule has 0 bridgehead atoms. The molecular formula is C17H22N2O3. The molecule has 0 aliphatic carbocycles. The van der Waals surface area contributed by atoms with Crippen molar-refractivity contribution in [2.75, 3.05) is 20.8 Å². The van der Waals surface area contributed by atoms with Gasteiger partial charge in [0.15, 0.2) is 11.5 Å². The molecule has 1 aromatic heterocycles. The highest BCUT2D eigenvalue weighted by molar-refractivity contribution is 5.64. The molecule has 0 saturated heterocycles. The third-order valence-corrected chi connectivity index (χ3v) is 3.43. The Morgan fingerprint density at radius 1 is 1.09 bits per heavy atom. The Kier molecular flexibility index (Phi) is 5.61. The second kappa shape index (κ2) is 7.66. The van der Waals surface area contributed by atoms with Crippen molar-refractivity contribution < 1.29 is 9.47 Å². The molecule has 2 N–H and O–H groups in total. The fourth-order valence-electron chi connectivity index (χ4n) is 2.22. The number of rotatable bonds is 7. The van der Waals surface area contributed by atoms with Gasteiger partial charge in [-0.05, 0) is 37.2 Å². The number of aromatic amines is 1. The van der Waals surface area contributed by atoms with Crippen LogP contribution in [0, 0.1) is 0 Å². The summed E-state index contributed by atoms with van der Waals surface area (Å²) < 4.78 is 10.5. The molecule has 0 saturated carbocycles. The highest BCUT2D eigenvalue weighted by Gasteiger charge is 2.08. The average Bonchev–Trinajstić information content (AvgIpc) is 2.55. The van der Waals surface area contributed by atoms with E-state index in [-0.39, 0.29) is 5.56 Å². The van der Waals surface area contributed by atoms with E-state index < -0.39 is 0 Å². The fraction of sp³-hybridized carbons (Fsp3) is 0.353. The minimum Gasteiger partial charge on any atom is -0.493 e. The molecule has 1 aromatic carbocycles. The highest BCUT2D eigenvalue weighted by atomic mass is 16.5. The van der Waals surface area contributed by atoms with Crippen LogP contribution in [-0.2, 0) is 6.54 Å². The van der Waals surface area contributed by atoms with Gasteiger partial charge >= 0.3 is 0 Å². The first-order valence-electron chi connectivity index (χ1n) is 7.35. The number of benzene rings is 1. The number of H-pyrrole nitrogens is 1. The van der Waals surface area contributed by atoms with E-state index in [0.29, 0.717) is 18.0 Å². The minimum atomic E-state index is -0.0733. The fourth-order valence-corrected chi connectivity index (χ4v) is 2.22. The first-order chi connectivity index (χ1) is 10.7. The van der Waals surface area contributed by atoms with Crippen LogP contribution in [0.1, 0.15) is 18.9 Å². The predicted octanol–water partition coefficient (Wildman–Crippen LogP) is 2.56. The molecule has 0 fully saturated rings. The van der Waals surface area contributed by atoms with Crippen molar-refractivity contribution in [3.05, 3.63) is 46.2 Å². The summed E-state index contributed by atoms with van der Waals surface area (Å²) in [6.45, 7) is 3.57. The van der Waals surface area contributed by atoms with Gasteiger partial charge in [0, 0.05) is 23.4 Å². The molecule has 0 aliphatic heterocycles. The maximum Gasteiger partial charge on any atom is 0.252 e. The summed E-state index contributed by atoms with van der Waals surface area (Å²) in [6, 6.07) is 9.32. The van der Waals surface area contributed by atoms with Crippen molar-refractivity contribution in [3.8, 4) is 22.8 Å². The minimum absolute atomic E-state index is 0.0733. The van der Waals surface area contributed by atoms with Gasteiger partial charge in [-0.15, -0.1) is 0 Å². The van der Waals surface area contributed by atoms with Crippen LogP contribution in [0.2, 0.25) is 0 Å². The van der Waals surface area contributed by atoms with Gasteiger partial charge in [0.1, 0.15) is 0 Å². The van der Waals surface area contributed by atoms with Gasteiger partial charge < -0.3 is 19.8 Å². The number of aromatic nitrogens is 1. The largest absolute Gasteiger partial charge is 0.493 e. The smallest absolute Gasteiger partial charge is 0.252 e. The first-order valence-corrected chi connectivity index (χ1v) is 7.35. The topological polar surface area (TPSA) is 63.4 Å². The summed E-state index contributed by atoms with van der Waals surface area (Å²) in [5.74, 6) is 1.29. The molecule has 2 rings (SSSR count). The Hall–Kier alpha value is -2.27. The lowest BCUT2D eigenvalue weighted by Gasteiger charge is -2.10. The van der Waals surface area contributed by atoms with E-state index >= 15 is 0 Å². The zero-order valence-corrected chi connectivity index (χ0v) is 13.2. The second-order valence-corrected chi connectivity index (χ2v) is 4.97. The summed E-state index contributed by atoms with van der Waals surface area (Å²) in [5, 5.41) is 3.23. The van der Waals surface area contributed by atoms with Crippen molar-refractivity contribution in [1.29, 1.82) is 0 Å². The molecule has 22 heavy (non-hydrogen) atoms. The van der Waals surface area contributed by atoms with Crippen LogP contribution in [0.3, 0.4) is 0 Å². The summed E-state index contributed by atoms with van der Waals surface area (Å²) in [7, 11) is 3.18. The molecule has 0 aliphatic rings. The monoisotopic (exact) mass is 302 g/mol. The third-order valence-electron chi connectivity index (χ3n) is 3.43. The van der Waals surface area contributed by atoms with Gasteiger partial charge in [0.05, 0.1) is 14.2 Å². The van der Waals surface area contributed by atoms with Crippen molar-refractivity contribution in [2.45, 2.75) is 19.9 Å². The van der Waals surface area contributed by atoms with E-state index in [0.717, 1.165) is 29.8 Å². The Bertz CT molecular complexity index is 680. The van der Waals surface area contributed by atoms with E-state index in [4.69, 9.17) is 9.47 Å². The molecule has 2 aromatic rings. The Balaban J connectivity index is 2.26. The number of nitrogens with one attached hydrogen (secondary N) is 2. The van der Waals surface area contributed by atoms with Crippen molar-refractivity contribution in [1.82, 2.24) is 10.3 Å². The van der Waals surface area contributed by atoms with Crippen molar-refractivity contribution >= 4 is 0 Å². The van der Waals surface area contributed by atoms with Gasteiger partial charge in [-0.2, -0.15) is 0 Å². The van der Waals surface area contributed by atoms with Crippen LogP contribution in [0.5, 0.6) is 11.5 Å². The number of hydrogen-bond donors (Lipinski definition) is 2. The zero-order valence-electron chi connectivity index (χ0n) is 13.2. The molecular weight excluding hydrogens is 280 g/mol. The van der Waals surface area contributed by atoms with Crippen molar-refractivity contribution in [3.63, 3.8) is 0 Å². The summed E-state index contributed by atoms with van der Waals surface area (Å²) in [6.07, 6.45) is 1.04. The highest BCUT2D eigenvalue weighted by Crippen LogP contribution is 2.31. The van der Waals surface area contributed by atoms with Crippen LogP contribution in [0.25, 0.3) is 11.3 Å². The SMILES string of the molecule is CCCNCc1ccc(-c2ccc(OC)c(OC)c2)[nH]c1=O. The normalized spacial score (nSPS) is 10.5. The van der Waals surface area contributed by atoms with Gasteiger partial charge in [-0.25, -0.2) is 0 Å². The van der Waals surface area contributed by atoms with E-state index in [2.05, 4.69) is 17.2 Å². The zero-order chi connectivity index (χ0) is 15.9. The van der Waals surface area contributed by atoms with Crippen LogP contribution in [-0.4, -0.2) is 25.7 Å². The standard InChI is InChI=1S/C17H22N2O3/c1-4-9-18-11-13-5-7-14(19-17(13)20)12-6-8-15(21-2)16(10-12)22-3/h5-8,10,18H,4,9,11H2,1-3H3,(H,19,20). The number of methoxy groups -OCH3 is 2. The molecule has 0 amide bonds.